The normalized spacial score (nSPS) is 10.2. The van der Waals surface area contributed by atoms with E-state index in [1.165, 1.54) is 13.0 Å². The number of carbonyl (C=O) groups is 1. The van der Waals surface area contributed by atoms with Gasteiger partial charge in [0.1, 0.15) is 12.4 Å². The summed E-state index contributed by atoms with van der Waals surface area (Å²) in [7, 11) is 0. The molecule has 0 atom stereocenters. The van der Waals surface area contributed by atoms with Crippen LogP contribution in [0.1, 0.15) is 6.92 Å². The van der Waals surface area contributed by atoms with Crippen molar-refractivity contribution in [2.75, 3.05) is 6.61 Å². The summed E-state index contributed by atoms with van der Waals surface area (Å²) < 4.78 is 5.32. The van der Waals surface area contributed by atoms with Gasteiger partial charge in [0.05, 0.1) is 0 Å². The Bertz CT molecular complexity index is 288. The zero-order chi connectivity index (χ0) is 9.52. The lowest BCUT2D eigenvalue weighted by atomic mass is 10.3. The molecule has 0 bridgehead atoms. The van der Waals surface area contributed by atoms with Crippen molar-refractivity contribution in [2.45, 2.75) is 6.92 Å². The first-order chi connectivity index (χ1) is 6.29. The highest BCUT2D eigenvalue weighted by molar-refractivity contribution is 5.87. The van der Waals surface area contributed by atoms with Crippen LogP contribution in [0, 0.1) is 0 Å². The van der Waals surface area contributed by atoms with E-state index < -0.39 is 0 Å². The first kappa shape index (κ1) is 9.52. The number of carbonyl (C=O) groups excluding carboxylic acids is 1. The molecule has 68 valence electrons. The fourth-order valence-corrected chi connectivity index (χ4v) is 0.875. The van der Waals surface area contributed by atoms with Gasteiger partial charge in [0.25, 0.3) is 0 Å². The van der Waals surface area contributed by atoms with Gasteiger partial charge in [-0.1, -0.05) is 18.2 Å². The molecule has 2 heteroatoms. The van der Waals surface area contributed by atoms with Crippen LogP contribution in [-0.4, -0.2) is 12.4 Å². The first-order valence-corrected chi connectivity index (χ1v) is 4.14. The summed E-state index contributed by atoms with van der Waals surface area (Å²) in [6, 6.07) is 9.50. The summed E-state index contributed by atoms with van der Waals surface area (Å²) in [6.45, 7) is 1.95. The number of ether oxygens (including phenoxy) is 1. The largest absolute Gasteiger partial charge is 0.490 e. The minimum Gasteiger partial charge on any atom is -0.490 e. The van der Waals surface area contributed by atoms with Gasteiger partial charge in [-0.2, -0.15) is 0 Å². The molecular weight excluding hydrogens is 164 g/mol. The van der Waals surface area contributed by atoms with E-state index in [1.807, 2.05) is 30.3 Å². The molecule has 0 unspecified atom stereocenters. The highest BCUT2D eigenvalue weighted by Crippen LogP contribution is 2.07. The van der Waals surface area contributed by atoms with E-state index in [-0.39, 0.29) is 5.78 Å². The minimum absolute atomic E-state index is 0.0386. The van der Waals surface area contributed by atoms with Crippen LogP contribution in [0.2, 0.25) is 0 Å². The number of para-hydroxylation sites is 1. The zero-order valence-electron chi connectivity index (χ0n) is 7.57. The maximum atomic E-state index is 10.5. The van der Waals surface area contributed by atoms with Gasteiger partial charge in [-0.05, 0) is 31.2 Å². The summed E-state index contributed by atoms with van der Waals surface area (Å²) in [6.07, 6.45) is 3.21. The van der Waals surface area contributed by atoms with Crippen LogP contribution < -0.4 is 4.74 Å². The summed E-state index contributed by atoms with van der Waals surface area (Å²) in [4.78, 5) is 10.5. The van der Waals surface area contributed by atoms with Crippen molar-refractivity contribution in [1.29, 1.82) is 0 Å². The average molecular weight is 176 g/mol. The Hall–Kier alpha value is -1.57. The topological polar surface area (TPSA) is 26.3 Å². The quantitative estimate of drug-likeness (QED) is 0.657. The van der Waals surface area contributed by atoms with Crippen LogP contribution >= 0.6 is 0 Å². The highest BCUT2D eigenvalue weighted by atomic mass is 16.5. The number of rotatable bonds is 4. The van der Waals surface area contributed by atoms with Gasteiger partial charge in [-0.3, -0.25) is 4.79 Å². The van der Waals surface area contributed by atoms with Crippen molar-refractivity contribution in [3.8, 4) is 5.75 Å². The average Bonchev–Trinajstić information content (AvgIpc) is 2.14. The van der Waals surface area contributed by atoms with Crippen molar-refractivity contribution < 1.29 is 9.53 Å². The molecule has 0 aliphatic heterocycles. The van der Waals surface area contributed by atoms with E-state index in [2.05, 4.69) is 0 Å². The molecule has 0 N–H and O–H groups in total. The second-order valence-electron chi connectivity index (χ2n) is 2.64. The zero-order valence-corrected chi connectivity index (χ0v) is 7.57. The predicted molar refractivity (Wildman–Crippen MR) is 51.8 cm³/mol. The molecule has 0 amide bonds. The van der Waals surface area contributed by atoms with E-state index in [0.717, 1.165) is 5.75 Å². The van der Waals surface area contributed by atoms with Crippen LogP contribution in [0.3, 0.4) is 0 Å². The molecule has 0 aliphatic rings. The molecule has 0 saturated carbocycles. The van der Waals surface area contributed by atoms with Crippen LogP contribution in [-0.2, 0) is 4.79 Å². The third-order valence-electron chi connectivity index (χ3n) is 1.44. The molecule has 0 fully saturated rings. The molecule has 0 heterocycles. The lowest BCUT2D eigenvalue weighted by Gasteiger charge is -2.00. The summed E-state index contributed by atoms with van der Waals surface area (Å²) in [5.41, 5.74) is 0. The maximum Gasteiger partial charge on any atom is 0.152 e. The lowest BCUT2D eigenvalue weighted by Crippen LogP contribution is -1.93. The fourth-order valence-electron chi connectivity index (χ4n) is 0.875. The molecule has 1 aromatic rings. The molecular formula is C11H12O2. The molecule has 1 rings (SSSR count). The van der Waals surface area contributed by atoms with Crippen molar-refractivity contribution in [1.82, 2.24) is 0 Å². The molecule has 0 spiro atoms. The van der Waals surface area contributed by atoms with Gasteiger partial charge in [-0.15, -0.1) is 0 Å². The Balaban J connectivity index is 2.32. The van der Waals surface area contributed by atoms with E-state index in [4.69, 9.17) is 4.74 Å². The van der Waals surface area contributed by atoms with Gasteiger partial charge < -0.3 is 4.74 Å². The van der Waals surface area contributed by atoms with E-state index in [9.17, 15) is 4.79 Å². The van der Waals surface area contributed by atoms with Gasteiger partial charge in [0.2, 0.25) is 0 Å². The van der Waals surface area contributed by atoms with Gasteiger partial charge in [0.15, 0.2) is 5.78 Å². The van der Waals surface area contributed by atoms with Crippen LogP contribution in [0.15, 0.2) is 42.5 Å². The Morgan fingerprint density at radius 3 is 2.69 bits per heavy atom. The summed E-state index contributed by atoms with van der Waals surface area (Å²) in [5, 5.41) is 0. The fraction of sp³-hybridized carbons (Fsp3) is 0.182. The molecule has 0 aliphatic carbocycles. The van der Waals surface area contributed by atoms with Gasteiger partial charge >= 0.3 is 0 Å². The number of benzene rings is 1. The van der Waals surface area contributed by atoms with Crippen molar-refractivity contribution >= 4 is 5.78 Å². The summed E-state index contributed by atoms with van der Waals surface area (Å²) in [5.74, 6) is 0.854. The van der Waals surface area contributed by atoms with Crippen molar-refractivity contribution in [2.24, 2.45) is 0 Å². The van der Waals surface area contributed by atoms with E-state index >= 15 is 0 Å². The number of ketones is 1. The molecule has 0 aromatic heterocycles. The number of hydrogen-bond donors (Lipinski definition) is 0. The van der Waals surface area contributed by atoms with E-state index in [0.29, 0.717) is 6.61 Å². The number of allylic oxidation sites excluding steroid dienone is 1. The Labute approximate surface area is 77.8 Å². The van der Waals surface area contributed by atoms with Crippen molar-refractivity contribution in [3.63, 3.8) is 0 Å². The summed E-state index contributed by atoms with van der Waals surface area (Å²) >= 11 is 0. The second kappa shape index (κ2) is 5.14. The maximum absolute atomic E-state index is 10.5. The number of hydrogen-bond acceptors (Lipinski definition) is 2. The van der Waals surface area contributed by atoms with E-state index in [1.54, 1.807) is 6.08 Å². The van der Waals surface area contributed by atoms with Crippen molar-refractivity contribution in [3.05, 3.63) is 42.5 Å². The Morgan fingerprint density at radius 1 is 1.38 bits per heavy atom. The Kier molecular flexibility index (Phi) is 3.76. The third-order valence-corrected chi connectivity index (χ3v) is 1.44. The minimum atomic E-state index is 0.0386. The standard InChI is InChI=1S/C11H12O2/c1-10(12)6-5-9-13-11-7-3-2-4-8-11/h2-8H,9H2,1H3. The second-order valence-corrected chi connectivity index (χ2v) is 2.64. The van der Waals surface area contributed by atoms with Crippen LogP contribution in [0.25, 0.3) is 0 Å². The molecule has 0 radical (unpaired) electrons. The predicted octanol–water partition coefficient (Wildman–Crippen LogP) is 2.21. The highest BCUT2D eigenvalue weighted by Gasteiger charge is 1.87. The SMILES string of the molecule is CC(=O)C=CCOc1ccccc1. The van der Waals surface area contributed by atoms with Crippen LogP contribution in [0.4, 0.5) is 0 Å². The third kappa shape index (κ3) is 4.11. The molecule has 1 aromatic carbocycles. The van der Waals surface area contributed by atoms with Crippen LogP contribution in [0.5, 0.6) is 5.75 Å². The monoisotopic (exact) mass is 176 g/mol. The smallest absolute Gasteiger partial charge is 0.152 e. The lowest BCUT2D eigenvalue weighted by molar-refractivity contribution is -0.112. The molecule has 0 saturated heterocycles. The van der Waals surface area contributed by atoms with Gasteiger partial charge in [0, 0.05) is 0 Å². The molecule has 2 nitrogen and oxygen atoms in total. The first-order valence-electron chi connectivity index (χ1n) is 4.14. The molecule has 13 heavy (non-hydrogen) atoms. The Morgan fingerprint density at radius 2 is 2.08 bits per heavy atom. The van der Waals surface area contributed by atoms with Gasteiger partial charge in [-0.25, -0.2) is 0 Å².